The second-order valence-electron chi connectivity index (χ2n) is 5.92. The van der Waals surface area contributed by atoms with Crippen molar-refractivity contribution in [2.75, 3.05) is 6.54 Å². The maximum Gasteiger partial charge on any atom is 0.0647 e. The smallest absolute Gasteiger partial charge is 0.0647 e. The zero-order valence-electron chi connectivity index (χ0n) is 13.6. The Bertz CT molecular complexity index is 747. The lowest BCUT2D eigenvalue weighted by Crippen LogP contribution is -2.27. The highest BCUT2D eigenvalue weighted by atomic mass is 14.9. The van der Waals surface area contributed by atoms with Crippen molar-refractivity contribution in [3.05, 3.63) is 84.5 Å². The Labute approximate surface area is 138 Å². The molecule has 0 radical (unpaired) electrons. The van der Waals surface area contributed by atoms with Gasteiger partial charge in [-0.05, 0) is 36.6 Å². The summed E-state index contributed by atoms with van der Waals surface area (Å²) in [5, 5.41) is 0. The van der Waals surface area contributed by atoms with Crippen LogP contribution in [0.4, 0.5) is 0 Å². The van der Waals surface area contributed by atoms with Gasteiger partial charge in [-0.25, -0.2) is 0 Å². The van der Waals surface area contributed by atoms with E-state index in [0.29, 0.717) is 5.92 Å². The van der Waals surface area contributed by atoms with Crippen molar-refractivity contribution in [1.82, 2.24) is 0 Å². The molecule has 1 aromatic rings. The van der Waals surface area contributed by atoms with Crippen molar-refractivity contribution in [1.29, 1.82) is 0 Å². The van der Waals surface area contributed by atoms with Crippen LogP contribution < -0.4 is 0 Å². The lowest BCUT2D eigenvalue weighted by molar-refractivity contribution is 0.539. The van der Waals surface area contributed by atoms with Crippen molar-refractivity contribution < 1.29 is 0 Å². The molecule has 2 unspecified atom stereocenters. The Balaban J connectivity index is 2.09. The van der Waals surface area contributed by atoms with Crippen LogP contribution in [0.15, 0.2) is 83.4 Å². The molecule has 0 amide bonds. The molecule has 3 rings (SSSR count). The minimum atomic E-state index is 0.204. The van der Waals surface area contributed by atoms with Crippen molar-refractivity contribution in [2.45, 2.75) is 25.3 Å². The number of hydrogen-bond donors (Lipinski definition) is 0. The van der Waals surface area contributed by atoms with Crippen LogP contribution in [-0.4, -0.2) is 24.0 Å². The second kappa shape index (κ2) is 6.74. The van der Waals surface area contributed by atoms with Gasteiger partial charge in [-0.15, -0.1) is 0 Å². The summed E-state index contributed by atoms with van der Waals surface area (Å²) in [6, 6.07) is 8.69. The molecule has 116 valence electrons. The van der Waals surface area contributed by atoms with Crippen LogP contribution in [0.1, 0.15) is 30.4 Å². The van der Waals surface area contributed by atoms with Crippen LogP contribution in [0.5, 0.6) is 0 Å². The highest BCUT2D eigenvalue weighted by Crippen LogP contribution is 2.33. The van der Waals surface area contributed by atoms with E-state index >= 15 is 0 Å². The zero-order valence-corrected chi connectivity index (χ0v) is 13.6. The Morgan fingerprint density at radius 2 is 1.91 bits per heavy atom. The highest BCUT2D eigenvalue weighted by molar-refractivity contribution is 6.10. The molecule has 0 spiro atoms. The largest absolute Gasteiger partial charge is 0.284 e. The van der Waals surface area contributed by atoms with Crippen LogP contribution in [-0.2, 0) is 0 Å². The quantitative estimate of drug-likeness (QED) is 0.759. The van der Waals surface area contributed by atoms with Gasteiger partial charge in [-0.1, -0.05) is 55.7 Å². The van der Waals surface area contributed by atoms with Gasteiger partial charge in [0.1, 0.15) is 0 Å². The van der Waals surface area contributed by atoms with Gasteiger partial charge in [0, 0.05) is 18.0 Å². The third kappa shape index (κ3) is 3.02. The van der Waals surface area contributed by atoms with Crippen LogP contribution >= 0.6 is 0 Å². The summed E-state index contributed by atoms with van der Waals surface area (Å²) in [6.07, 6.45) is 11.0. The molecule has 0 bridgehead atoms. The maximum atomic E-state index is 4.94. The SMILES string of the molecule is C=CC1=NCC2c3ccccc3C(C=C)=NC2C/C=C/C=C\1C. The summed E-state index contributed by atoms with van der Waals surface area (Å²) < 4.78 is 0. The van der Waals surface area contributed by atoms with Gasteiger partial charge in [0.05, 0.1) is 17.5 Å². The third-order valence-corrected chi connectivity index (χ3v) is 4.51. The van der Waals surface area contributed by atoms with Crippen molar-refractivity contribution in [2.24, 2.45) is 9.98 Å². The summed E-state index contributed by atoms with van der Waals surface area (Å²) in [7, 11) is 0. The number of benzene rings is 1. The van der Waals surface area contributed by atoms with E-state index in [1.165, 1.54) is 11.1 Å². The minimum absolute atomic E-state index is 0.204. The molecule has 2 nitrogen and oxygen atoms in total. The summed E-state index contributed by atoms with van der Waals surface area (Å²) in [6.45, 7) is 10.6. The lowest BCUT2D eigenvalue weighted by Gasteiger charge is -2.30. The topological polar surface area (TPSA) is 24.7 Å². The molecule has 2 aliphatic rings. The molecule has 2 aliphatic heterocycles. The number of hydrogen-bond acceptors (Lipinski definition) is 2. The lowest BCUT2D eigenvalue weighted by atomic mass is 9.82. The van der Waals surface area contributed by atoms with Crippen molar-refractivity contribution in [3.8, 4) is 0 Å². The van der Waals surface area contributed by atoms with E-state index in [1.54, 1.807) is 0 Å². The Kier molecular flexibility index (Phi) is 4.52. The molecule has 0 saturated heterocycles. The predicted octanol–water partition coefficient (Wildman–Crippen LogP) is 4.66. The molecule has 23 heavy (non-hydrogen) atoms. The number of nitrogens with zero attached hydrogens (tertiary/aromatic N) is 2. The average Bonchev–Trinajstić information content (AvgIpc) is 2.59. The molecule has 2 atom stereocenters. The molecule has 0 fully saturated rings. The highest BCUT2D eigenvalue weighted by Gasteiger charge is 2.29. The fraction of sp³-hybridized carbons (Fsp3) is 0.238. The van der Waals surface area contributed by atoms with Gasteiger partial charge < -0.3 is 0 Å². The van der Waals surface area contributed by atoms with E-state index < -0.39 is 0 Å². The van der Waals surface area contributed by atoms with Gasteiger partial charge in [0.25, 0.3) is 0 Å². The third-order valence-electron chi connectivity index (χ3n) is 4.51. The van der Waals surface area contributed by atoms with E-state index in [1.807, 2.05) is 12.2 Å². The summed E-state index contributed by atoms with van der Waals surface area (Å²) >= 11 is 0. The van der Waals surface area contributed by atoms with Crippen LogP contribution in [0, 0.1) is 0 Å². The Morgan fingerprint density at radius 3 is 2.70 bits per heavy atom. The van der Waals surface area contributed by atoms with Gasteiger partial charge in [-0.3, -0.25) is 9.98 Å². The number of allylic oxidation sites excluding steroid dienone is 5. The molecular weight excluding hydrogens is 280 g/mol. The van der Waals surface area contributed by atoms with Crippen LogP contribution in [0.3, 0.4) is 0 Å². The normalized spacial score (nSPS) is 27.3. The number of rotatable bonds is 2. The van der Waals surface area contributed by atoms with Gasteiger partial charge in [0.2, 0.25) is 0 Å². The summed E-state index contributed by atoms with van der Waals surface area (Å²) in [5.41, 5.74) is 5.62. The molecule has 2 heteroatoms. The molecule has 1 aromatic carbocycles. The fourth-order valence-electron chi connectivity index (χ4n) is 3.26. The van der Waals surface area contributed by atoms with E-state index in [2.05, 4.69) is 62.6 Å². The molecule has 0 saturated carbocycles. The van der Waals surface area contributed by atoms with Crippen molar-refractivity contribution in [3.63, 3.8) is 0 Å². The zero-order chi connectivity index (χ0) is 16.2. The van der Waals surface area contributed by atoms with E-state index in [4.69, 9.17) is 9.98 Å². The maximum absolute atomic E-state index is 4.94. The standard InChI is InChI=1S/C21H22N2/c1-4-19-15(3)10-6-9-13-21-18(14-22-19)16-11-7-8-12-17(16)20(5-2)23-21/h4-12,18,21H,1-2,13-14H2,3H3/b9-6+,15-10-,22-19?. The minimum Gasteiger partial charge on any atom is -0.284 e. The summed E-state index contributed by atoms with van der Waals surface area (Å²) in [5.74, 6) is 0.292. The number of fused-ring (bicyclic) bond motifs is 3. The first kappa shape index (κ1) is 15.4. The summed E-state index contributed by atoms with van der Waals surface area (Å²) in [4.78, 5) is 9.76. The second-order valence-corrected chi connectivity index (χ2v) is 5.92. The van der Waals surface area contributed by atoms with E-state index in [-0.39, 0.29) is 6.04 Å². The Hall–Kier alpha value is -2.48. The fourth-order valence-corrected chi connectivity index (χ4v) is 3.26. The number of aliphatic imine (C=N–C) groups is 2. The van der Waals surface area contributed by atoms with E-state index in [9.17, 15) is 0 Å². The Morgan fingerprint density at radius 1 is 1.13 bits per heavy atom. The van der Waals surface area contributed by atoms with Crippen LogP contribution in [0.2, 0.25) is 0 Å². The molecular formula is C21H22N2. The van der Waals surface area contributed by atoms with Gasteiger partial charge >= 0.3 is 0 Å². The monoisotopic (exact) mass is 302 g/mol. The molecule has 0 N–H and O–H groups in total. The van der Waals surface area contributed by atoms with Gasteiger partial charge in [0.15, 0.2) is 0 Å². The first-order valence-electron chi connectivity index (χ1n) is 8.04. The molecule has 0 aromatic heterocycles. The van der Waals surface area contributed by atoms with Crippen molar-refractivity contribution >= 4 is 11.4 Å². The van der Waals surface area contributed by atoms with Gasteiger partial charge in [-0.2, -0.15) is 0 Å². The first-order chi connectivity index (χ1) is 11.2. The first-order valence-corrected chi connectivity index (χ1v) is 8.04. The average molecular weight is 302 g/mol. The molecule has 0 aliphatic carbocycles. The van der Waals surface area contributed by atoms with E-state index in [0.717, 1.165) is 30.0 Å². The van der Waals surface area contributed by atoms with Crippen LogP contribution in [0.25, 0.3) is 0 Å². The molecule has 2 heterocycles. The predicted molar refractivity (Wildman–Crippen MR) is 99.7 cm³/mol.